The summed E-state index contributed by atoms with van der Waals surface area (Å²) in [7, 11) is 0. The Morgan fingerprint density at radius 1 is 1.30 bits per heavy atom. The summed E-state index contributed by atoms with van der Waals surface area (Å²) in [6, 6.07) is 7.79. The second-order valence-corrected chi connectivity index (χ2v) is 5.06. The lowest BCUT2D eigenvalue weighted by atomic mass is 10.2. The number of anilines is 1. The molecule has 0 bridgehead atoms. The highest BCUT2D eigenvalue weighted by molar-refractivity contribution is 6.03. The molecule has 1 N–H and O–H groups in total. The molecule has 1 amide bonds. The predicted molar refractivity (Wildman–Crippen MR) is 74.1 cm³/mol. The number of carbonyl (C=O) groups excluding carboxylic acids is 1. The number of hydrogen-bond donors (Lipinski definition) is 1. The Labute approximate surface area is 116 Å². The third-order valence-electron chi connectivity index (χ3n) is 3.67. The molecule has 1 saturated carbocycles. The zero-order valence-electron chi connectivity index (χ0n) is 11.1. The van der Waals surface area contributed by atoms with Crippen molar-refractivity contribution in [3.63, 3.8) is 0 Å². The molecule has 1 aliphatic carbocycles. The van der Waals surface area contributed by atoms with Crippen LogP contribution >= 0.6 is 0 Å². The van der Waals surface area contributed by atoms with Gasteiger partial charge in [-0.15, -0.1) is 0 Å². The van der Waals surface area contributed by atoms with E-state index >= 15 is 0 Å². The Morgan fingerprint density at radius 2 is 2.10 bits per heavy atom. The first-order valence-electron chi connectivity index (χ1n) is 6.84. The van der Waals surface area contributed by atoms with E-state index in [0.717, 1.165) is 12.8 Å². The molecule has 1 aromatic heterocycles. The van der Waals surface area contributed by atoms with Gasteiger partial charge in [0.2, 0.25) is 0 Å². The van der Waals surface area contributed by atoms with Crippen molar-refractivity contribution in [3.05, 3.63) is 47.9 Å². The first-order valence-corrected chi connectivity index (χ1v) is 6.84. The van der Waals surface area contributed by atoms with Crippen molar-refractivity contribution in [1.82, 2.24) is 9.78 Å². The first kappa shape index (κ1) is 12.8. The lowest BCUT2D eigenvalue weighted by Gasteiger charge is -2.14. The average molecular weight is 273 g/mol. The number of rotatable bonds is 3. The Hall–Kier alpha value is -2.17. The minimum absolute atomic E-state index is 0.309. The van der Waals surface area contributed by atoms with Crippen LogP contribution < -0.4 is 5.32 Å². The van der Waals surface area contributed by atoms with Gasteiger partial charge in [0, 0.05) is 11.6 Å². The van der Waals surface area contributed by atoms with Crippen LogP contribution in [0, 0.1) is 5.82 Å². The van der Waals surface area contributed by atoms with E-state index in [1.54, 1.807) is 18.3 Å². The van der Waals surface area contributed by atoms with E-state index < -0.39 is 5.82 Å². The lowest BCUT2D eigenvalue weighted by molar-refractivity contribution is 0.102. The monoisotopic (exact) mass is 273 g/mol. The smallest absolute Gasteiger partial charge is 0.256 e. The maximum atomic E-state index is 13.1. The molecule has 0 radical (unpaired) electrons. The van der Waals surface area contributed by atoms with Gasteiger partial charge in [-0.1, -0.05) is 18.9 Å². The number of nitrogens with zero attached hydrogens (tertiary/aromatic N) is 2. The molecule has 1 fully saturated rings. The molecule has 0 saturated heterocycles. The highest BCUT2D eigenvalue weighted by Gasteiger charge is 2.20. The first-order chi connectivity index (χ1) is 9.74. The van der Waals surface area contributed by atoms with Gasteiger partial charge in [0.25, 0.3) is 5.91 Å². The zero-order chi connectivity index (χ0) is 13.9. The predicted octanol–water partition coefficient (Wildman–Crippen LogP) is 3.39. The summed E-state index contributed by atoms with van der Waals surface area (Å²) >= 11 is 0. The molecule has 1 aliphatic rings. The minimum atomic E-state index is -0.415. The largest absolute Gasteiger partial charge is 0.307 e. The zero-order valence-corrected chi connectivity index (χ0v) is 11.1. The van der Waals surface area contributed by atoms with Crippen LogP contribution in [-0.2, 0) is 0 Å². The summed E-state index contributed by atoms with van der Waals surface area (Å²) in [4.78, 5) is 12.1. The van der Waals surface area contributed by atoms with Crippen molar-refractivity contribution < 1.29 is 9.18 Å². The van der Waals surface area contributed by atoms with Crippen molar-refractivity contribution >= 4 is 11.7 Å². The van der Waals surface area contributed by atoms with E-state index in [2.05, 4.69) is 10.4 Å². The quantitative estimate of drug-likeness (QED) is 0.931. The van der Waals surface area contributed by atoms with E-state index in [9.17, 15) is 9.18 Å². The second kappa shape index (κ2) is 5.45. The summed E-state index contributed by atoms with van der Waals surface area (Å²) in [6.45, 7) is 0. The highest BCUT2D eigenvalue weighted by atomic mass is 19.1. The van der Waals surface area contributed by atoms with Gasteiger partial charge in [0.15, 0.2) is 0 Å². The number of hydrogen-bond acceptors (Lipinski definition) is 2. The molecule has 5 heteroatoms. The van der Waals surface area contributed by atoms with Crippen molar-refractivity contribution in [2.45, 2.75) is 31.7 Å². The number of halogens is 1. The van der Waals surface area contributed by atoms with Crippen LogP contribution in [0.5, 0.6) is 0 Å². The van der Waals surface area contributed by atoms with E-state index in [0.29, 0.717) is 17.4 Å². The van der Waals surface area contributed by atoms with E-state index in [1.807, 2.05) is 4.68 Å². The average Bonchev–Trinajstić information content (AvgIpc) is 3.08. The van der Waals surface area contributed by atoms with Gasteiger partial charge in [-0.2, -0.15) is 5.10 Å². The van der Waals surface area contributed by atoms with Crippen molar-refractivity contribution in [3.8, 4) is 0 Å². The maximum Gasteiger partial charge on any atom is 0.256 e. The number of carbonyl (C=O) groups is 1. The Bertz CT molecular complexity index is 617. The van der Waals surface area contributed by atoms with E-state index in [-0.39, 0.29) is 5.91 Å². The van der Waals surface area contributed by atoms with Gasteiger partial charge >= 0.3 is 0 Å². The lowest BCUT2D eigenvalue weighted by Crippen LogP contribution is -2.17. The molecule has 0 aliphatic heterocycles. The standard InChI is InChI=1S/C15H16FN3O/c16-12-5-3-4-11(10-12)15(20)18-14-8-9-17-19(14)13-6-1-2-7-13/h3-5,8-10,13H,1-2,6-7H2,(H,18,20). The molecule has 104 valence electrons. The summed E-state index contributed by atoms with van der Waals surface area (Å²) in [5.74, 6) is -0.0580. The van der Waals surface area contributed by atoms with Crippen LogP contribution in [0.4, 0.5) is 10.2 Å². The van der Waals surface area contributed by atoms with Crippen LogP contribution in [0.25, 0.3) is 0 Å². The molecule has 3 rings (SSSR count). The van der Waals surface area contributed by atoms with Gasteiger partial charge < -0.3 is 5.32 Å². The fourth-order valence-electron chi connectivity index (χ4n) is 2.67. The fourth-order valence-corrected chi connectivity index (χ4v) is 2.67. The summed E-state index contributed by atoms with van der Waals surface area (Å²) in [6.07, 6.45) is 6.25. The molecule has 20 heavy (non-hydrogen) atoms. The highest BCUT2D eigenvalue weighted by Crippen LogP contribution is 2.31. The van der Waals surface area contributed by atoms with E-state index in [4.69, 9.17) is 0 Å². The SMILES string of the molecule is O=C(Nc1ccnn1C1CCCC1)c1cccc(F)c1. The summed E-state index contributed by atoms with van der Waals surface area (Å²) < 4.78 is 15.0. The van der Waals surface area contributed by atoms with Crippen LogP contribution in [0.2, 0.25) is 0 Å². The molecule has 0 spiro atoms. The van der Waals surface area contributed by atoms with Gasteiger partial charge in [-0.3, -0.25) is 4.79 Å². The molecule has 2 aromatic rings. The number of amides is 1. The van der Waals surface area contributed by atoms with Crippen molar-refractivity contribution in [2.24, 2.45) is 0 Å². The van der Waals surface area contributed by atoms with E-state index in [1.165, 1.54) is 31.0 Å². The van der Waals surface area contributed by atoms with Crippen LogP contribution in [0.15, 0.2) is 36.5 Å². The number of aromatic nitrogens is 2. The van der Waals surface area contributed by atoms with Crippen LogP contribution in [-0.4, -0.2) is 15.7 Å². The van der Waals surface area contributed by atoms with Crippen LogP contribution in [0.1, 0.15) is 42.1 Å². The number of benzene rings is 1. The molecule has 0 unspecified atom stereocenters. The molecule has 1 aromatic carbocycles. The third-order valence-corrected chi connectivity index (χ3v) is 3.67. The van der Waals surface area contributed by atoms with Gasteiger partial charge in [0.05, 0.1) is 12.2 Å². The molecular weight excluding hydrogens is 257 g/mol. The molecule has 4 nitrogen and oxygen atoms in total. The Morgan fingerprint density at radius 3 is 2.85 bits per heavy atom. The topological polar surface area (TPSA) is 46.9 Å². The van der Waals surface area contributed by atoms with Crippen molar-refractivity contribution in [2.75, 3.05) is 5.32 Å². The van der Waals surface area contributed by atoms with Gasteiger partial charge in [-0.05, 0) is 31.0 Å². The van der Waals surface area contributed by atoms with Crippen molar-refractivity contribution in [1.29, 1.82) is 0 Å². The summed E-state index contributed by atoms with van der Waals surface area (Å²) in [5, 5.41) is 7.10. The maximum absolute atomic E-state index is 13.1. The molecular formula is C15H16FN3O. The van der Waals surface area contributed by atoms with Crippen LogP contribution in [0.3, 0.4) is 0 Å². The number of nitrogens with one attached hydrogen (secondary N) is 1. The second-order valence-electron chi connectivity index (χ2n) is 5.06. The Balaban J connectivity index is 1.78. The fraction of sp³-hybridized carbons (Fsp3) is 0.333. The van der Waals surface area contributed by atoms with Gasteiger partial charge in [-0.25, -0.2) is 9.07 Å². The third kappa shape index (κ3) is 2.57. The molecule has 0 atom stereocenters. The minimum Gasteiger partial charge on any atom is -0.307 e. The Kier molecular flexibility index (Phi) is 3.50. The molecule has 1 heterocycles. The van der Waals surface area contributed by atoms with Gasteiger partial charge in [0.1, 0.15) is 11.6 Å². The normalized spacial score (nSPS) is 15.4. The summed E-state index contributed by atoms with van der Waals surface area (Å²) in [5.41, 5.74) is 0.309.